The summed E-state index contributed by atoms with van der Waals surface area (Å²) in [5, 5.41) is 0. The topological polar surface area (TPSA) is 12.4 Å². The van der Waals surface area contributed by atoms with Gasteiger partial charge in [0.05, 0.1) is 5.69 Å². The van der Waals surface area contributed by atoms with E-state index in [0.29, 0.717) is 17.3 Å². The number of aliphatic imine (C=N–C) groups is 1. The molecule has 0 bridgehead atoms. The van der Waals surface area contributed by atoms with E-state index in [1.807, 2.05) is 0 Å². The van der Waals surface area contributed by atoms with Crippen molar-refractivity contribution in [2.75, 3.05) is 0 Å². The van der Waals surface area contributed by atoms with Crippen molar-refractivity contribution in [3.05, 3.63) is 29.8 Å². The lowest BCUT2D eigenvalue weighted by Gasteiger charge is -2.34. The van der Waals surface area contributed by atoms with Crippen LogP contribution < -0.4 is 0 Å². The van der Waals surface area contributed by atoms with Crippen molar-refractivity contribution in [1.82, 2.24) is 0 Å². The molecule has 0 N–H and O–H groups in total. The quantitative estimate of drug-likeness (QED) is 0.691. The van der Waals surface area contributed by atoms with Gasteiger partial charge < -0.3 is 0 Å². The molecule has 0 aliphatic carbocycles. The standard InChI is InChI=1S/C17H25N/c1-12(2)16-11-17(5,13(3)4)10-14-8-6-7-9-15(14)18-16/h6-9,12-13H,10-11H2,1-5H3. The van der Waals surface area contributed by atoms with Crippen molar-refractivity contribution in [3.63, 3.8) is 0 Å². The lowest BCUT2D eigenvalue weighted by molar-refractivity contribution is 0.227. The molecule has 1 aromatic carbocycles. The molecule has 18 heavy (non-hydrogen) atoms. The molecular formula is C17H25N. The average molecular weight is 243 g/mol. The van der Waals surface area contributed by atoms with Crippen molar-refractivity contribution < 1.29 is 0 Å². The summed E-state index contributed by atoms with van der Waals surface area (Å²) in [6.07, 6.45) is 2.26. The molecule has 1 unspecified atom stereocenters. The van der Waals surface area contributed by atoms with E-state index in [-0.39, 0.29) is 0 Å². The van der Waals surface area contributed by atoms with Crippen molar-refractivity contribution in [3.8, 4) is 0 Å². The summed E-state index contributed by atoms with van der Waals surface area (Å²) < 4.78 is 0. The van der Waals surface area contributed by atoms with Gasteiger partial charge in [0.15, 0.2) is 0 Å². The Balaban J connectivity index is 2.50. The van der Waals surface area contributed by atoms with Gasteiger partial charge in [-0.15, -0.1) is 0 Å². The summed E-state index contributed by atoms with van der Waals surface area (Å²) in [6.45, 7) is 11.6. The van der Waals surface area contributed by atoms with Crippen LogP contribution in [-0.4, -0.2) is 5.71 Å². The first-order valence-electron chi connectivity index (χ1n) is 7.08. The first-order valence-corrected chi connectivity index (χ1v) is 7.08. The third-order valence-corrected chi connectivity index (χ3v) is 4.50. The molecule has 0 saturated carbocycles. The van der Waals surface area contributed by atoms with Crippen LogP contribution >= 0.6 is 0 Å². The molecular weight excluding hydrogens is 218 g/mol. The highest BCUT2D eigenvalue weighted by Gasteiger charge is 2.33. The smallest absolute Gasteiger partial charge is 0.0661 e. The summed E-state index contributed by atoms with van der Waals surface area (Å²) in [7, 11) is 0. The molecule has 1 atom stereocenters. The number of hydrogen-bond donors (Lipinski definition) is 0. The van der Waals surface area contributed by atoms with Crippen molar-refractivity contribution in [1.29, 1.82) is 0 Å². The zero-order chi connectivity index (χ0) is 13.3. The fourth-order valence-corrected chi connectivity index (χ4v) is 2.62. The van der Waals surface area contributed by atoms with Gasteiger partial charge in [-0.05, 0) is 41.7 Å². The van der Waals surface area contributed by atoms with Gasteiger partial charge in [0.1, 0.15) is 0 Å². The van der Waals surface area contributed by atoms with Crippen LogP contribution in [0.1, 0.15) is 46.6 Å². The molecule has 1 aromatic rings. The summed E-state index contributed by atoms with van der Waals surface area (Å²) >= 11 is 0. The Bertz CT molecular complexity index is 456. The van der Waals surface area contributed by atoms with E-state index in [9.17, 15) is 0 Å². The highest BCUT2D eigenvalue weighted by molar-refractivity contribution is 5.90. The monoisotopic (exact) mass is 243 g/mol. The van der Waals surface area contributed by atoms with E-state index in [0.717, 1.165) is 12.8 Å². The van der Waals surface area contributed by atoms with Gasteiger partial charge in [0, 0.05) is 5.71 Å². The second-order valence-corrected chi connectivity index (χ2v) is 6.55. The Morgan fingerprint density at radius 1 is 1.06 bits per heavy atom. The first kappa shape index (κ1) is 13.3. The molecule has 0 aromatic heterocycles. The maximum absolute atomic E-state index is 4.93. The predicted octanol–water partition coefficient (Wildman–Crippen LogP) is 5.02. The third-order valence-electron chi connectivity index (χ3n) is 4.50. The van der Waals surface area contributed by atoms with Crippen LogP contribution in [0.25, 0.3) is 0 Å². The van der Waals surface area contributed by atoms with Gasteiger partial charge in [-0.3, -0.25) is 4.99 Å². The highest BCUT2D eigenvalue weighted by atomic mass is 14.8. The summed E-state index contributed by atoms with van der Waals surface area (Å²) in [4.78, 5) is 4.93. The number of para-hydroxylation sites is 1. The van der Waals surface area contributed by atoms with Gasteiger partial charge in [0.2, 0.25) is 0 Å². The van der Waals surface area contributed by atoms with Crippen LogP contribution in [0.15, 0.2) is 29.3 Å². The highest BCUT2D eigenvalue weighted by Crippen LogP contribution is 2.41. The molecule has 0 amide bonds. The van der Waals surface area contributed by atoms with Gasteiger partial charge >= 0.3 is 0 Å². The van der Waals surface area contributed by atoms with E-state index < -0.39 is 0 Å². The Morgan fingerprint density at radius 3 is 2.33 bits per heavy atom. The van der Waals surface area contributed by atoms with Crippen LogP contribution in [0.3, 0.4) is 0 Å². The molecule has 1 aliphatic heterocycles. The number of benzene rings is 1. The Morgan fingerprint density at radius 2 is 1.72 bits per heavy atom. The van der Waals surface area contributed by atoms with Gasteiger partial charge in [-0.1, -0.05) is 52.8 Å². The molecule has 0 radical (unpaired) electrons. The fraction of sp³-hybridized carbons (Fsp3) is 0.588. The minimum Gasteiger partial charge on any atom is -0.257 e. The lowest BCUT2D eigenvalue weighted by Crippen LogP contribution is -2.29. The number of fused-ring (bicyclic) bond motifs is 1. The van der Waals surface area contributed by atoms with E-state index in [4.69, 9.17) is 4.99 Å². The van der Waals surface area contributed by atoms with Gasteiger partial charge in [0.25, 0.3) is 0 Å². The summed E-state index contributed by atoms with van der Waals surface area (Å²) in [5.74, 6) is 1.21. The van der Waals surface area contributed by atoms with E-state index in [1.165, 1.54) is 17.0 Å². The SMILES string of the molecule is CC(C)C1=Nc2ccccc2CC(C)(C(C)C)C1. The van der Waals surface area contributed by atoms with Crippen LogP contribution in [0.5, 0.6) is 0 Å². The minimum atomic E-state index is 0.329. The first-order chi connectivity index (χ1) is 8.42. The van der Waals surface area contributed by atoms with E-state index in [1.54, 1.807) is 0 Å². The Labute approximate surface area is 111 Å². The van der Waals surface area contributed by atoms with Crippen LogP contribution in [-0.2, 0) is 6.42 Å². The Kier molecular flexibility index (Phi) is 3.61. The van der Waals surface area contributed by atoms with Crippen molar-refractivity contribution in [2.45, 2.75) is 47.5 Å². The van der Waals surface area contributed by atoms with Crippen LogP contribution in [0, 0.1) is 17.3 Å². The second kappa shape index (κ2) is 4.87. The summed E-state index contributed by atoms with van der Waals surface area (Å²) in [5.41, 5.74) is 4.28. The molecule has 0 saturated heterocycles. The molecule has 98 valence electrons. The zero-order valence-electron chi connectivity index (χ0n) is 12.3. The van der Waals surface area contributed by atoms with Gasteiger partial charge in [-0.2, -0.15) is 0 Å². The van der Waals surface area contributed by atoms with Crippen molar-refractivity contribution >= 4 is 11.4 Å². The molecule has 0 fully saturated rings. The molecule has 1 heterocycles. The maximum Gasteiger partial charge on any atom is 0.0661 e. The van der Waals surface area contributed by atoms with Crippen LogP contribution in [0.2, 0.25) is 0 Å². The normalized spacial score (nSPS) is 23.8. The molecule has 0 spiro atoms. The third kappa shape index (κ3) is 2.50. The number of rotatable bonds is 2. The largest absolute Gasteiger partial charge is 0.257 e. The van der Waals surface area contributed by atoms with Crippen molar-refractivity contribution in [2.24, 2.45) is 22.2 Å². The lowest BCUT2D eigenvalue weighted by atomic mass is 9.70. The molecule has 1 heteroatoms. The number of hydrogen-bond acceptors (Lipinski definition) is 1. The molecule has 1 aliphatic rings. The van der Waals surface area contributed by atoms with Crippen LogP contribution in [0.4, 0.5) is 5.69 Å². The minimum absolute atomic E-state index is 0.329. The summed E-state index contributed by atoms with van der Waals surface area (Å²) in [6, 6.07) is 8.63. The molecule has 1 nitrogen and oxygen atoms in total. The maximum atomic E-state index is 4.93. The second-order valence-electron chi connectivity index (χ2n) is 6.55. The van der Waals surface area contributed by atoms with Gasteiger partial charge in [-0.25, -0.2) is 0 Å². The average Bonchev–Trinajstić information content (AvgIpc) is 2.45. The van der Waals surface area contributed by atoms with E-state index in [2.05, 4.69) is 58.9 Å². The zero-order valence-corrected chi connectivity index (χ0v) is 12.3. The predicted molar refractivity (Wildman–Crippen MR) is 79.6 cm³/mol. The number of nitrogens with zero attached hydrogens (tertiary/aromatic N) is 1. The fourth-order valence-electron chi connectivity index (χ4n) is 2.62. The Hall–Kier alpha value is -1.11. The molecule has 2 rings (SSSR count). The van der Waals surface area contributed by atoms with E-state index >= 15 is 0 Å².